The van der Waals surface area contributed by atoms with E-state index in [0.717, 1.165) is 38.4 Å². The second kappa shape index (κ2) is 8.83. The minimum absolute atomic E-state index is 0.0519. The van der Waals surface area contributed by atoms with E-state index in [9.17, 15) is 4.79 Å². The van der Waals surface area contributed by atoms with Crippen LogP contribution in [0.2, 0.25) is 0 Å². The highest BCUT2D eigenvalue weighted by molar-refractivity contribution is 5.94. The van der Waals surface area contributed by atoms with Crippen LogP contribution in [0.5, 0.6) is 5.75 Å². The Morgan fingerprint density at radius 2 is 1.69 bits per heavy atom. The first-order chi connectivity index (χ1) is 12.7. The van der Waals surface area contributed by atoms with Gasteiger partial charge < -0.3 is 19.9 Å². The van der Waals surface area contributed by atoms with E-state index in [2.05, 4.69) is 35.6 Å². The molecule has 1 heterocycles. The van der Waals surface area contributed by atoms with Crippen LogP contribution in [-0.4, -0.2) is 45.2 Å². The Morgan fingerprint density at radius 3 is 2.38 bits per heavy atom. The smallest absolute Gasteiger partial charge is 0.282 e. The van der Waals surface area contributed by atoms with Crippen molar-refractivity contribution < 1.29 is 19.3 Å². The van der Waals surface area contributed by atoms with Gasteiger partial charge in [-0.3, -0.25) is 4.79 Å². The molecule has 0 saturated carbocycles. The third kappa shape index (κ3) is 4.62. The summed E-state index contributed by atoms with van der Waals surface area (Å²) < 4.78 is 5.32. The molecule has 1 amide bonds. The predicted molar refractivity (Wildman–Crippen MR) is 103 cm³/mol. The number of para-hydroxylation sites is 2. The zero-order valence-electron chi connectivity index (χ0n) is 15.6. The average Bonchev–Trinajstić information content (AvgIpc) is 2.69. The Labute approximate surface area is 155 Å². The van der Waals surface area contributed by atoms with Crippen molar-refractivity contribution in [2.24, 2.45) is 0 Å². The normalized spacial score (nSPS) is 21.0. The largest absolute Gasteiger partial charge is 0.495 e. The molecule has 1 fully saturated rings. The summed E-state index contributed by atoms with van der Waals surface area (Å²) in [5.74, 6) is 0.746. The molecule has 1 aliphatic heterocycles. The number of nitrogens with one attached hydrogen (secondary N) is 3. The summed E-state index contributed by atoms with van der Waals surface area (Å²) in [5.41, 5.74) is 2.12. The van der Waals surface area contributed by atoms with Gasteiger partial charge in [0, 0.05) is 5.56 Å². The molecule has 0 unspecified atom stereocenters. The van der Waals surface area contributed by atoms with Gasteiger partial charge in [-0.15, -0.1) is 0 Å². The maximum atomic E-state index is 12.7. The Balaban J connectivity index is 1.51. The Kier molecular flexibility index (Phi) is 6.26. The lowest BCUT2D eigenvalue weighted by molar-refractivity contribution is -1.02. The number of amides is 1. The summed E-state index contributed by atoms with van der Waals surface area (Å²) in [6.07, 6.45) is 0. The molecule has 3 rings (SSSR count). The number of hydrogen-bond donors (Lipinski definition) is 3. The number of rotatable bonds is 6. The van der Waals surface area contributed by atoms with Crippen molar-refractivity contribution in [2.45, 2.75) is 19.5 Å². The lowest BCUT2D eigenvalue weighted by atomic mass is 10.1. The summed E-state index contributed by atoms with van der Waals surface area (Å²) in [6, 6.07) is 18.1. The maximum absolute atomic E-state index is 12.7. The molecule has 2 aromatic rings. The van der Waals surface area contributed by atoms with Gasteiger partial charge >= 0.3 is 0 Å². The van der Waals surface area contributed by atoms with Crippen LogP contribution in [0.4, 0.5) is 5.69 Å². The van der Waals surface area contributed by atoms with E-state index < -0.39 is 0 Å². The van der Waals surface area contributed by atoms with Crippen molar-refractivity contribution in [3.05, 3.63) is 60.2 Å². The molecule has 0 aromatic heterocycles. The Bertz CT molecular complexity index is 712. The number of anilines is 1. The number of methoxy groups -OCH3 is 1. The second-order valence-corrected chi connectivity index (χ2v) is 6.98. The summed E-state index contributed by atoms with van der Waals surface area (Å²) in [5, 5.41) is 3.02. The summed E-state index contributed by atoms with van der Waals surface area (Å²) in [6.45, 7) is 7.30. The van der Waals surface area contributed by atoms with Crippen LogP contribution in [0.25, 0.3) is 0 Å². The fourth-order valence-corrected chi connectivity index (χ4v) is 3.59. The zero-order valence-corrected chi connectivity index (χ0v) is 15.6. The molecule has 1 aliphatic rings. The van der Waals surface area contributed by atoms with Crippen LogP contribution >= 0.6 is 0 Å². The van der Waals surface area contributed by atoms with Gasteiger partial charge in [0.25, 0.3) is 5.91 Å². The molecule has 0 radical (unpaired) electrons. The topological polar surface area (TPSA) is 47.2 Å². The number of piperazine rings is 1. The predicted octanol–water partition coefficient (Wildman–Crippen LogP) is 0.00580. The highest BCUT2D eigenvalue weighted by Crippen LogP contribution is 2.22. The number of benzene rings is 2. The number of carbonyl (C=O) groups excluding carboxylic acids is 1. The van der Waals surface area contributed by atoms with Crippen LogP contribution < -0.4 is 19.9 Å². The van der Waals surface area contributed by atoms with Crippen molar-refractivity contribution >= 4 is 11.6 Å². The maximum Gasteiger partial charge on any atom is 0.282 e. The monoisotopic (exact) mass is 355 g/mol. The third-order valence-corrected chi connectivity index (χ3v) is 5.27. The molecular formula is C21H29N3O2+2. The summed E-state index contributed by atoms with van der Waals surface area (Å²) in [4.78, 5) is 15.6. The van der Waals surface area contributed by atoms with Gasteiger partial charge in [-0.2, -0.15) is 0 Å². The summed E-state index contributed by atoms with van der Waals surface area (Å²) in [7, 11) is 1.62. The zero-order chi connectivity index (χ0) is 18.4. The van der Waals surface area contributed by atoms with E-state index in [1.807, 2.05) is 31.2 Å². The minimum Gasteiger partial charge on any atom is -0.495 e. The lowest BCUT2D eigenvalue weighted by Crippen LogP contribution is -3.29. The molecule has 0 bridgehead atoms. The van der Waals surface area contributed by atoms with Gasteiger partial charge in [0.15, 0.2) is 6.04 Å². The van der Waals surface area contributed by atoms with Gasteiger partial charge in [-0.25, -0.2) is 0 Å². The van der Waals surface area contributed by atoms with Crippen molar-refractivity contribution in [3.63, 3.8) is 0 Å². The molecule has 5 nitrogen and oxygen atoms in total. The van der Waals surface area contributed by atoms with E-state index >= 15 is 0 Å². The van der Waals surface area contributed by atoms with Crippen molar-refractivity contribution in [2.75, 3.05) is 38.6 Å². The highest BCUT2D eigenvalue weighted by atomic mass is 16.5. The third-order valence-electron chi connectivity index (χ3n) is 5.27. The second-order valence-electron chi connectivity index (χ2n) is 6.98. The summed E-state index contributed by atoms with van der Waals surface area (Å²) >= 11 is 0. The van der Waals surface area contributed by atoms with E-state index in [1.165, 1.54) is 10.5 Å². The molecule has 3 N–H and O–H groups in total. The molecule has 1 atom stereocenters. The van der Waals surface area contributed by atoms with E-state index in [1.54, 1.807) is 12.0 Å². The molecule has 26 heavy (non-hydrogen) atoms. The van der Waals surface area contributed by atoms with Crippen LogP contribution in [0.15, 0.2) is 54.6 Å². The quantitative estimate of drug-likeness (QED) is 0.684. The molecular weight excluding hydrogens is 326 g/mol. The van der Waals surface area contributed by atoms with Crippen molar-refractivity contribution in [1.82, 2.24) is 0 Å². The number of ether oxygens (including phenoxy) is 1. The van der Waals surface area contributed by atoms with Gasteiger partial charge in [0.05, 0.1) is 12.8 Å². The molecule has 138 valence electrons. The van der Waals surface area contributed by atoms with Crippen molar-refractivity contribution in [1.29, 1.82) is 0 Å². The van der Waals surface area contributed by atoms with E-state index in [0.29, 0.717) is 5.75 Å². The molecule has 1 saturated heterocycles. The number of hydrogen-bond acceptors (Lipinski definition) is 2. The standard InChI is InChI=1S/C21H27N3O2/c1-17(21(25)22-19-10-6-7-11-20(19)26-2)24-14-12-23(13-15-24)16-18-8-4-3-5-9-18/h3-11,17H,12-16H2,1-2H3,(H,22,25)/p+2/t17-/m1/s1. The SMILES string of the molecule is COc1ccccc1NC(=O)[C@@H](C)[NH+]1CC[NH+](Cc2ccccc2)CC1. The number of quaternary nitrogens is 2. The minimum atomic E-state index is -0.0711. The van der Waals surface area contributed by atoms with Gasteiger partial charge in [0.1, 0.15) is 38.5 Å². The van der Waals surface area contributed by atoms with Gasteiger partial charge in [-0.1, -0.05) is 42.5 Å². The van der Waals surface area contributed by atoms with E-state index in [-0.39, 0.29) is 11.9 Å². The molecule has 5 heteroatoms. The van der Waals surface area contributed by atoms with Crippen LogP contribution in [0.1, 0.15) is 12.5 Å². The first-order valence-corrected chi connectivity index (χ1v) is 9.33. The number of carbonyl (C=O) groups is 1. The first-order valence-electron chi connectivity index (χ1n) is 9.33. The fraction of sp³-hybridized carbons (Fsp3) is 0.381. The first kappa shape index (κ1) is 18.4. The average molecular weight is 355 g/mol. The fourth-order valence-electron chi connectivity index (χ4n) is 3.59. The Hall–Kier alpha value is -2.37. The van der Waals surface area contributed by atoms with Crippen LogP contribution in [-0.2, 0) is 11.3 Å². The van der Waals surface area contributed by atoms with Crippen LogP contribution in [0, 0.1) is 0 Å². The lowest BCUT2D eigenvalue weighted by Gasteiger charge is -2.32. The Morgan fingerprint density at radius 1 is 1.04 bits per heavy atom. The molecule has 0 spiro atoms. The molecule has 0 aliphatic carbocycles. The molecule has 2 aromatic carbocycles. The van der Waals surface area contributed by atoms with Gasteiger partial charge in [0.2, 0.25) is 0 Å². The van der Waals surface area contributed by atoms with E-state index in [4.69, 9.17) is 4.74 Å². The van der Waals surface area contributed by atoms with Crippen molar-refractivity contribution in [3.8, 4) is 5.75 Å². The highest BCUT2D eigenvalue weighted by Gasteiger charge is 2.31. The van der Waals surface area contributed by atoms with Crippen LogP contribution in [0.3, 0.4) is 0 Å². The van der Waals surface area contributed by atoms with Gasteiger partial charge in [-0.05, 0) is 19.1 Å².